The van der Waals surface area contributed by atoms with Gasteiger partial charge < -0.3 is 4.74 Å². The first-order valence-electron chi connectivity index (χ1n) is 6.27. The van der Waals surface area contributed by atoms with Gasteiger partial charge in [-0.1, -0.05) is 6.42 Å². The number of hydrogen-bond donors (Lipinski definition) is 0. The molecule has 21 heavy (non-hydrogen) atoms. The summed E-state index contributed by atoms with van der Waals surface area (Å²) >= 11 is 0. The lowest BCUT2D eigenvalue weighted by Gasteiger charge is -2.13. The molecular formula is C13H16F4O3S. The minimum Gasteiger partial charge on any atom is -0.385 e. The Hall–Kier alpha value is -1.15. The van der Waals surface area contributed by atoms with Gasteiger partial charge in [-0.05, 0) is 31.0 Å². The van der Waals surface area contributed by atoms with Crippen LogP contribution in [-0.4, -0.2) is 27.9 Å². The van der Waals surface area contributed by atoms with Crippen LogP contribution in [0.15, 0.2) is 23.1 Å². The van der Waals surface area contributed by atoms with E-state index in [9.17, 15) is 26.0 Å². The second-order valence-electron chi connectivity index (χ2n) is 4.51. The predicted molar refractivity (Wildman–Crippen MR) is 69.2 cm³/mol. The van der Waals surface area contributed by atoms with Gasteiger partial charge >= 0.3 is 6.18 Å². The van der Waals surface area contributed by atoms with Gasteiger partial charge in [0, 0.05) is 13.7 Å². The van der Waals surface area contributed by atoms with E-state index in [-0.39, 0.29) is 12.5 Å². The molecule has 1 aromatic rings. The first kappa shape index (κ1) is 17.9. The molecule has 1 aromatic carbocycles. The van der Waals surface area contributed by atoms with E-state index in [2.05, 4.69) is 0 Å². The van der Waals surface area contributed by atoms with Gasteiger partial charge in [-0.3, -0.25) is 0 Å². The molecule has 0 heterocycles. The molecule has 0 aliphatic rings. The van der Waals surface area contributed by atoms with Gasteiger partial charge in [0.05, 0.1) is 16.2 Å². The first-order valence-corrected chi connectivity index (χ1v) is 7.92. The molecule has 0 aromatic heterocycles. The topological polar surface area (TPSA) is 43.4 Å². The first-order chi connectivity index (χ1) is 9.68. The summed E-state index contributed by atoms with van der Waals surface area (Å²) in [6, 6.07) is 1.59. The lowest BCUT2D eigenvalue weighted by molar-refractivity contribution is -0.140. The Morgan fingerprint density at radius 2 is 1.81 bits per heavy atom. The lowest BCUT2D eigenvalue weighted by Crippen LogP contribution is -2.16. The molecule has 3 nitrogen and oxygen atoms in total. The van der Waals surface area contributed by atoms with E-state index in [1.54, 1.807) is 0 Å². The van der Waals surface area contributed by atoms with Crippen LogP contribution in [0.4, 0.5) is 17.6 Å². The molecule has 0 radical (unpaired) electrons. The molecule has 0 bridgehead atoms. The summed E-state index contributed by atoms with van der Waals surface area (Å²) in [7, 11) is -2.60. The van der Waals surface area contributed by atoms with Crippen molar-refractivity contribution in [3.05, 3.63) is 29.6 Å². The van der Waals surface area contributed by atoms with Gasteiger partial charge in [-0.2, -0.15) is 13.2 Å². The monoisotopic (exact) mass is 328 g/mol. The van der Waals surface area contributed by atoms with E-state index in [0.717, 1.165) is 0 Å². The van der Waals surface area contributed by atoms with Crippen molar-refractivity contribution in [2.24, 2.45) is 0 Å². The molecule has 0 unspecified atom stereocenters. The average Bonchev–Trinajstić information content (AvgIpc) is 2.37. The van der Waals surface area contributed by atoms with Crippen LogP contribution in [0.2, 0.25) is 0 Å². The van der Waals surface area contributed by atoms with Crippen molar-refractivity contribution in [3.8, 4) is 0 Å². The van der Waals surface area contributed by atoms with Crippen molar-refractivity contribution in [2.45, 2.75) is 30.3 Å². The molecule has 0 atom stereocenters. The summed E-state index contributed by atoms with van der Waals surface area (Å²) in [5.74, 6) is -1.54. The molecule has 0 saturated heterocycles. The van der Waals surface area contributed by atoms with E-state index in [0.29, 0.717) is 31.6 Å². The number of methoxy groups -OCH3 is 1. The Morgan fingerprint density at radius 1 is 1.14 bits per heavy atom. The molecule has 8 heteroatoms. The highest BCUT2D eigenvalue weighted by Crippen LogP contribution is 2.35. The Bertz CT molecular complexity index is 567. The fraction of sp³-hybridized carbons (Fsp3) is 0.538. The van der Waals surface area contributed by atoms with E-state index >= 15 is 0 Å². The van der Waals surface area contributed by atoms with Crippen LogP contribution in [0.3, 0.4) is 0 Å². The summed E-state index contributed by atoms with van der Waals surface area (Å²) in [5.41, 5.74) is -1.46. The van der Waals surface area contributed by atoms with Crippen LogP contribution in [0, 0.1) is 5.82 Å². The molecule has 0 spiro atoms. The maximum absolute atomic E-state index is 12.9. The van der Waals surface area contributed by atoms with E-state index in [1.807, 2.05) is 0 Å². The Balaban J connectivity index is 2.93. The van der Waals surface area contributed by atoms with Crippen molar-refractivity contribution in [1.82, 2.24) is 0 Å². The normalized spacial score (nSPS) is 12.6. The van der Waals surface area contributed by atoms with E-state index in [1.165, 1.54) is 7.11 Å². The van der Waals surface area contributed by atoms with Gasteiger partial charge in [0.25, 0.3) is 0 Å². The molecule has 0 aliphatic heterocycles. The second kappa shape index (κ2) is 7.22. The van der Waals surface area contributed by atoms with E-state index < -0.39 is 38.0 Å². The van der Waals surface area contributed by atoms with Crippen LogP contribution in [0.25, 0.3) is 0 Å². The number of unbranched alkanes of at least 4 members (excludes halogenated alkanes) is 2. The molecule has 0 N–H and O–H groups in total. The maximum atomic E-state index is 12.9. The third-order valence-electron chi connectivity index (χ3n) is 2.84. The average molecular weight is 328 g/mol. The number of rotatable bonds is 7. The zero-order valence-corrected chi connectivity index (χ0v) is 12.2. The summed E-state index contributed by atoms with van der Waals surface area (Å²) in [4.78, 5) is -0.872. The number of benzene rings is 1. The van der Waals surface area contributed by atoms with Crippen LogP contribution < -0.4 is 0 Å². The summed E-state index contributed by atoms with van der Waals surface area (Å²) in [6.07, 6.45) is -3.54. The summed E-state index contributed by atoms with van der Waals surface area (Å²) in [5, 5.41) is 0. The predicted octanol–water partition coefficient (Wildman–Crippen LogP) is 3.43. The third-order valence-corrected chi connectivity index (χ3v) is 4.70. The number of alkyl halides is 3. The Labute approximate surface area is 120 Å². The number of halogens is 4. The summed E-state index contributed by atoms with van der Waals surface area (Å²) < 4.78 is 80.1. The zero-order valence-electron chi connectivity index (χ0n) is 11.4. The van der Waals surface area contributed by atoms with Crippen molar-refractivity contribution in [3.63, 3.8) is 0 Å². The van der Waals surface area contributed by atoms with Crippen LogP contribution in [0.5, 0.6) is 0 Å². The van der Waals surface area contributed by atoms with Gasteiger partial charge in [-0.25, -0.2) is 12.8 Å². The van der Waals surface area contributed by atoms with Crippen LogP contribution >= 0.6 is 0 Å². The minimum atomic E-state index is -4.92. The van der Waals surface area contributed by atoms with Crippen molar-refractivity contribution in [1.29, 1.82) is 0 Å². The van der Waals surface area contributed by atoms with Gasteiger partial charge in [-0.15, -0.1) is 0 Å². The zero-order chi connectivity index (χ0) is 16.1. The second-order valence-corrected chi connectivity index (χ2v) is 6.59. The highest BCUT2D eigenvalue weighted by molar-refractivity contribution is 7.91. The quantitative estimate of drug-likeness (QED) is 0.437. The lowest BCUT2D eigenvalue weighted by atomic mass is 10.2. The number of sulfone groups is 1. The minimum absolute atomic E-state index is 0.206. The largest absolute Gasteiger partial charge is 0.417 e. The fourth-order valence-electron chi connectivity index (χ4n) is 1.82. The maximum Gasteiger partial charge on any atom is 0.417 e. The highest BCUT2D eigenvalue weighted by atomic mass is 32.2. The molecule has 0 amide bonds. The van der Waals surface area contributed by atoms with Crippen LogP contribution in [0.1, 0.15) is 24.8 Å². The van der Waals surface area contributed by atoms with Gasteiger partial charge in [0.15, 0.2) is 9.84 Å². The number of hydrogen-bond acceptors (Lipinski definition) is 3. The fourth-order valence-corrected chi connectivity index (χ4v) is 3.41. The third kappa shape index (κ3) is 5.28. The SMILES string of the molecule is COCCCCCS(=O)(=O)c1ccc(F)cc1C(F)(F)F. The van der Waals surface area contributed by atoms with E-state index in [4.69, 9.17) is 4.74 Å². The van der Waals surface area contributed by atoms with Gasteiger partial charge in [0.2, 0.25) is 0 Å². The van der Waals surface area contributed by atoms with Crippen LogP contribution in [-0.2, 0) is 20.8 Å². The Morgan fingerprint density at radius 3 is 2.38 bits per heavy atom. The van der Waals surface area contributed by atoms with Crippen molar-refractivity contribution >= 4 is 9.84 Å². The Kier molecular flexibility index (Phi) is 6.15. The molecule has 1 rings (SSSR count). The molecule has 0 saturated carbocycles. The molecular weight excluding hydrogens is 312 g/mol. The molecule has 0 fully saturated rings. The standard InChI is InChI=1S/C13H16F4O3S/c1-20-7-3-2-4-8-21(18,19)12-6-5-10(14)9-11(12)13(15,16)17/h5-6,9H,2-4,7-8H2,1H3. The highest BCUT2D eigenvalue weighted by Gasteiger charge is 2.37. The smallest absolute Gasteiger partial charge is 0.385 e. The van der Waals surface area contributed by atoms with Crippen molar-refractivity contribution < 1.29 is 30.7 Å². The summed E-state index contributed by atoms with van der Waals surface area (Å²) in [6.45, 7) is 0.463. The molecule has 120 valence electrons. The van der Waals surface area contributed by atoms with Crippen molar-refractivity contribution in [2.75, 3.05) is 19.5 Å². The number of ether oxygens (including phenoxy) is 1. The van der Waals surface area contributed by atoms with Gasteiger partial charge in [0.1, 0.15) is 5.82 Å². The molecule has 0 aliphatic carbocycles.